The molecule has 0 aromatic heterocycles. The molecule has 0 amide bonds. The van der Waals surface area contributed by atoms with Gasteiger partial charge in [0, 0.05) is 10.8 Å². The van der Waals surface area contributed by atoms with E-state index in [4.69, 9.17) is 9.47 Å². The third-order valence-corrected chi connectivity index (χ3v) is 3.99. The first-order valence-corrected chi connectivity index (χ1v) is 6.27. The highest BCUT2D eigenvalue weighted by Crippen LogP contribution is 2.46. The smallest absolute Gasteiger partial charge is 0.176 e. The normalized spacial score (nSPS) is 10.5. The predicted molar refractivity (Wildman–Crippen MR) is 72.5 cm³/mol. The fraction of sp³-hybridized carbons (Fsp3) is 0.167. The van der Waals surface area contributed by atoms with Crippen LogP contribution < -0.4 is 9.47 Å². The summed E-state index contributed by atoms with van der Waals surface area (Å²) >= 11 is 7.08. The Kier molecular flexibility index (Phi) is 3.40. The Bertz CT molecular complexity index is 490. The molecule has 0 aliphatic rings. The molecule has 2 aromatic rings. The lowest BCUT2D eigenvalue weighted by molar-refractivity contribution is 0.352. The molecule has 0 bridgehead atoms. The van der Waals surface area contributed by atoms with Gasteiger partial charge in [-0.2, -0.15) is 0 Å². The molecule has 4 heteroatoms. The Morgan fingerprint density at radius 3 is 1.50 bits per heavy atom. The maximum atomic E-state index is 5.35. The molecule has 0 spiro atoms. The van der Waals surface area contributed by atoms with Crippen molar-refractivity contribution in [3.05, 3.63) is 33.2 Å². The van der Waals surface area contributed by atoms with Crippen molar-refractivity contribution in [1.82, 2.24) is 0 Å². The Morgan fingerprint density at radius 2 is 1.19 bits per heavy atom. The molecule has 0 fully saturated rings. The van der Waals surface area contributed by atoms with Crippen molar-refractivity contribution in [1.29, 1.82) is 0 Å². The Hall–Kier alpha value is -0.740. The summed E-state index contributed by atoms with van der Waals surface area (Å²) in [6, 6.07) is 8.05. The van der Waals surface area contributed by atoms with E-state index < -0.39 is 0 Å². The van der Waals surface area contributed by atoms with Gasteiger partial charge in [-0.3, -0.25) is 0 Å². The molecule has 2 aromatic carbocycles. The van der Waals surface area contributed by atoms with E-state index in [0.29, 0.717) is 11.5 Å². The Morgan fingerprint density at radius 1 is 0.812 bits per heavy atom. The van der Waals surface area contributed by atoms with Gasteiger partial charge in [-0.1, -0.05) is 24.3 Å². The topological polar surface area (TPSA) is 18.5 Å². The molecule has 0 N–H and O–H groups in total. The molecule has 16 heavy (non-hydrogen) atoms. The van der Waals surface area contributed by atoms with Crippen molar-refractivity contribution >= 4 is 42.6 Å². The molecule has 0 saturated carbocycles. The molecule has 0 heterocycles. The number of rotatable bonds is 2. The zero-order valence-corrected chi connectivity index (χ0v) is 12.1. The summed E-state index contributed by atoms with van der Waals surface area (Å²) < 4.78 is 12.5. The first-order chi connectivity index (χ1) is 7.70. The molecule has 0 radical (unpaired) electrons. The zero-order valence-electron chi connectivity index (χ0n) is 8.88. The molecule has 0 aliphatic carbocycles. The summed E-state index contributed by atoms with van der Waals surface area (Å²) in [4.78, 5) is 0. The van der Waals surface area contributed by atoms with E-state index in [-0.39, 0.29) is 0 Å². The van der Waals surface area contributed by atoms with Crippen molar-refractivity contribution in [3.8, 4) is 11.5 Å². The van der Waals surface area contributed by atoms with Gasteiger partial charge in [0.05, 0.1) is 23.2 Å². The van der Waals surface area contributed by atoms with Crippen molar-refractivity contribution < 1.29 is 9.47 Å². The maximum Gasteiger partial charge on any atom is 0.176 e. The van der Waals surface area contributed by atoms with Crippen molar-refractivity contribution in [2.45, 2.75) is 0 Å². The Balaban J connectivity index is 2.93. The quantitative estimate of drug-likeness (QED) is 0.804. The van der Waals surface area contributed by atoms with Gasteiger partial charge in [0.25, 0.3) is 0 Å². The van der Waals surface area contributed by atoms with Crippen LogP contribution in [0.3, 0.4) is 0 Å². The Labute approximate surface area is 111 Å². The van der Waals surface area contributed by atoms with Crippen LogP contribution in [-0.2, 0) is 0 Å². The average Bonchev–Trinajstić information content (AvgIpc) is 2.33. The molecular weight excluding hydrogens is 336 g/mol. The monoisotopic (exact) mass is 344 g/mol. The van der Waals surface area contributed by atoms with Crippen LogP contribution in [0.1, 0.15) is 0 Å². The van der Waals surface area contributed by atoms with E-state index in [0.717, 1.165) is 19.7 Å². The van der Waals surface area contributed by atoms with Crippen LogP contribution in [0.25, 0.3) is 10.8 Å². The van der Waals surface area contributed by atoms with Gasteiger partial charge < -0.3 is 9.47 Å². The number of methoxy groups -OCH3 is 2. The molecule has 0 unspecified atom stereocenters. The third-order valence-electron chi connectivity index (χ3n) is 2.41. The lowest BCUT2D eigenvalue weighted by atomic mass is 10.1. The van der Waals surface area contributed by atoms with E-state index in [1.165, 1.54) is 0 Å². The van der Waals surface area contributed by atoms with Gasteiger partial charge >= 0.3 is 0 Å². The fourth-order valence-electron chi connectivity index (χ4n) is 1.67. The fourth-order valence-corrected chi connectivity index (χ4v) is 3.05. The molecule has 0 aliphatic heterocycles. The number of benzene rings is 2. The maximum absolute atomic E-state index is 5.35. The first-order valence-electron chi connectivity index (χ1n) is 4.68. The molecule has 0 atom stereocenters. The van der Waals surface area contributed by atoms with Crippen LogP contribution in [0.15, 0.2) is 33.2 Å². The molecule has 2 rings (SSSR count). The number of hydrogen-bond donors (Lipinski definition) is 0. The van der Waals surface area contributed by atoms with Gasteiger partial charge in [-0.25, -0.2) is 0 Å². The third kappa shape index (κ3) is 1.70. The second-order valence-corrected chi connectivity index (χ2v) is 4.83. The van der Waals surface area contributed by atoms with Crippen molar-refractivity contribution in [2.75, 3.05) is 14.2 Å². The van der Waals surface area contributed by atoms with Crippen LogP contribution in [0.2, 0.25) is 0 Å². The highest BCUT2D eigenvalue weighted by atomic mass is 79.9. The van der Waals surface area contributed by atoms with Gasteiger partial charge in [-0.05, 0) is 31.9 Å². The second kappa shape index (κ2) is 4.63. The van der Waals surface area contributed by atoms with E-state index in [2.05, 4.69) is 31.9 Å². The minimum atomic E-state index is 0.702. The van der Waals surface area contributed by atoms with Gasteiger partial charge in [-0.15, -0.1) is 0 Å². The SMILES string of the molecule is COc1c(OC)c(Br)c2ccccc2c1Br. The van der Waals surface area contributed by atoms with E-state index in [9.17, 15) is 0 Å². The van der Waals surface area contributed by atoms with Crippen molar-refractivity contribution in [3.63, 3.8) is 0 Å². The summed E-state index contributed by atoms with van der Waals surface area (Å²) in [7, 11) is 3.26. The van der Waals surface area contributed by atoms with Gasteiger partial charge in [0.15, 0.2) is 11.5 Å². The van der Waals surface area contributed by atoms with Gasteiger partial charge in [0.1, 0.15) is 0 Å². The minimum absolute atomic E-state index is 0.702. The van der Waals surface area contributed by atoms with E-state index >= 15 is 0 Å². The van der Waals surface area contributed by atoms with Crippen LogP contribution in [-0.4, -0.2) is 14.2 Å². The zero-order chi connectivity index (χ0) is 11.7. The molecule has 0 saturated heterocycles. The summed E-state index contributed by atoms with van der Waals surface area (Å²) in [5.74, 6) is 1.40. The lowest BCUT2D eigenvalue weighted by Crippen LogP contribution is -1.94. The standard InChI is InChI=1S/C12H10Br2O2/c1-15-11-9(13)7-5-3-4-6-8(7)10(14)12(11)16-2/h3-6H,1-2H3. The average molecular weight is 346 g/mol. The van der Waals surface area contributed by atoms with E-state index in [1.54, 1.807) is 14.2 Å². The largest absolute Gasteiger partial charge is 0.492 e. The van der Waals surface area contributed by atoms with Crippen LogP contribution >= 0.6 is 31.9 Å². The summed E-state index contributed by atoms with van der Waals surface area (Å²) in [5.41, 5.74) is 0. The van der Waals surface area contributed by atoms with Crippen LogP contribution in [0, 0.1) is 0 Å². The minimum Gasteiger partial charge on any atom is -0.492 e. The highest BCUT2D eigenvalue weighted by Gasteiger charge is 2.17. The van der Waals surface area contributed by atoms with Crippen molar-refractivity contribution in [2.24, 2.45) is 0 Å². The van der Waals surface area contributed by atoms with E-state index in [1.807, 2.05) is 24.3 Å². The van der Waals surface area contributed by atoms with Gasteiger partial charge in [0.2, 0.25) is 0 Å². The predicted octanol–water partition coefficient (Wildman–Crippen LogP) is 4.38. The summed E-state index contributed by atoms with van der Waals surface area (Å²) in [5, 5.41) is 2.18. The number of ether oxygens (including phenoxy) is 2. The first kappa shape index (κ1) is 11.7. The summed E-state index contributed by atoms with van der Waals surface area (Å²) in [6.45, 7) is 0. The van der Waals surface area contributed by atoms with Crippen LogP contribution in [0.4, 0.5) is 0 Å². The van der Waals surface area contributed by atoms with Crippen LogP contribution in [0.5, 0.6) is 11.5 Å². The molecular formula is C12H10Br2O2. The summed E-state index contributed by atoms with van der Waals surface area (Å²) in [6.07, 6.45) is 0. The molecule has 84 valence electrons. The number of halogens is 2. The molecule has 2 nitrogen and oxygen atoms in total. The number of fused-ring (bicyclic) bond motifs is 1. The number of hydrogen-bond acceptors (Lipinski definition) is 2. The highest BCUT2D eigenvalue weighted by molar-refractivity contribution is 9.11. The lowest BCUT2D eigenvalue weighted by Gasteiger charge is -2.14. The second-order valence-electron chi connectivity index (χ2n) is 3.24.